The molecule has 1 N–H and O–H groups in total. The van der Waals surface area contributed by atoms with Gasteiger partial charge in [-0.25, -0.2) is 0 Å². The Morgan fingerprint density at radius 1 is 1.33 bits per heavy atom. The van der Waals surface area contributed by atoms with Gasteiger partial charge in [-0.05, 0) is 42.7 Å². The maximum absolute atomic E-state index is 12.5. The molecule has 0 aliphatic heterocycles. The molecule has 0 aromatic heterocycles. The number of amides is 1. The Morgan fingerprint density at radius 3 is 2.86 bits per heavy atom. The van der Waals surface area contributed by atoms with E-state index in [9.17, 15) is 4.79 Å². The summed E-state index contributed by atoms with van der Waals surface area (Å²) in [6.07, 6.45) is 7.30. The highest BCUT2D eigenvalue weighted by molar-refractivity contribution is 5.78. The molecule has 1 aromatic rings. The van der Waals surface area contributed by atoms with E-state index in [1.807, 2.05) is 0 Å². The van der Waals surface area contributed by atoms with Crippen LogP contribution in [0.2, 0.25) is 0 Å². The third-order valence-corrected chi connectivity index (χ3v) is 5.07. The Hall–Kier alpha value is -1.35. The number of carbonyl (C=O) groups is 1. The summed E-state index contributed by atoms with van der Waals surface area (Å²) in [7, 11) is 1.72. The minimum atomic E-state index is -0.107. The number of fused-ring (bicyclic) bond motifs is 1. The van der Waals surface area contributed by atoms with Crippen molar-refractivity contribution < 1.29 is 9.53 Å². The molecule has 3 heteroatoms. The highest BCUT2D eigenvalue weighted by atomic mass is 16.5. The fourth-order valence-electron chi connectivity index (χ4n) is 4.06. The van der Waals surface area contributed by atoms with E-state index < -0.39 is 0 Å². The number of benzene rings is 1. The van der Waals surface area contributed by atoms with Gasteiger partial charge in [-0.1, -0.05) is 37.1 Å². The Labute approximate surface area is 127 Å². The van der Waals surface area contributed by atoms with Crippen molar-refractivity contribution in [1.29, 1.82) is 0 Å². The summed E-state index contributed by atoms with van der Waals surface area (Å²) in [6, 6.07) is 8.54. The predicted octanol–water partition coefficient (Wildman–Crippen LogP) is 3.18. The molecule has 3 nitrogen and oxygen atoms in total. The lowest BCUT2D eigenvalue weighted by Gasteiger charge is -2.30. The van der Waals surface area contributed by atoms with Gasteiger partial charge in [-0.2, -0.15) is 0 Å². The molecule has 0 heterocycles. The summed E-state index contributed by atoms with van der Waals surface area (Å²) in [5, 5.41) is 3.29. The first kappa shape index (κ1) is 14.6. The molecule has 1 unspecified atom stereocenters. The van der Waals surface area contributed by atoms with E-state index in [-0.39, 0.29) is 11.4 Å². The van der Waals surface area contributed by atoms with Crippen LogP contribution in [0, 0.1) is 0 Å². The second-order valence-corrected chi connectivity index (χ2v) is 6.61. The summed E-state index contributed by atoms with van der Waals surface area (Å²) in [4.78, 5) is 12.5. The Balaban J connectivity index is 1.62. The minimum absolute atomic E-state index is 0.107. The minimum Gasteiger partial charge on any atom is -0.382 e. The summed E-state index contributed by atoms with van der Waals surface area (Å²) < 4.78 is 5.34. The molecule has 2 aliphatic carbocycles. The van der Waals surface area contributed by atoms with Crippen LogP contribution < -0.4 is 5.32 Å². The van der Waals surface area contributed by atoms with Gasteiger partial charge in [-0.3, -0.25) is 4.79 Å². The van der Waals surface area contributed by atoms with Gasteiger partial charge in [0.2, 0.25) is 5.91 Å². The molecule has 2 aliphatic rings. The smallest absolute Gasteiger partial charge is 0.221 e. The highest BCUT2D eigenvalue weighted by Crippen LogP contribution is 2.36. The lowest BCUT2D eigenvalue weighted by atomic mass is 9.95. The van der Waals surface area contributed by atoms with Crippen molar-refractivity contribution in [1.82, 2.24) is 5.32 Å². The molecule has 1 saturated carbocycles. The summed E-state index contributed by atoms with van der Waals surface area (Å²) >= 11 is 0. The van der Waals surface area contributed by atoms with Crippen LogP contribution in [0.25, 0.3) is 0 Å². The molecule has 1 amide bonds. The van der Waals surface area contributed by atoms with Crippen molar-refractivity contribution in [2.45, 2.75) is 56.4 Å². The molecule has 0 saturated heterocycles. The van der Waals surface area contributed by atoms with Crippen molar-refractivity contribution in [2.24, 2.45) is 0 Å². The predicted molar refractivity (Wildman–Crippen MR) is 83.3 cm³/mol. The fourth-order valence-corrected chi connectivity index (χ4v) is 4.06. The molecule has 0 spiro atoms. The van der Waals surface area contributed by atoms with E-state index >= 15 is 0 Å². The van der Waals surface area contributed by atoms with E-state index in [1.54, 1.807) is 7.11 Å². The fraction of sp³-hybridized carbons (Fsp3) is 0.611. The Morgan fingerprint density at radius 2 is 2.10 bits per heavy atom. The van der Waals surface area contributed by atoms with E-state index in [0.717, 1.165) is 25.7 Å². The number of rotatable bonds is 5. The van der Waals surface area contributed by atoms with Crippen LogP contribution in [0.4, 0.5) is 0 Å². The molecular weight excluding hydrogens is 262 g/mol. The highest BCUT2D eigenvalue weighted by Gasteiger charge is 2.36. The van der Waals surface area contributed by atoms with Gasteiger partial charge in [-0.15, -0.1) is 0 Å². The second-order valence-electron chi connectivity index (χ2n) is 6.61. The molecule has 1 fully saturated rings. The maximum atomic E-state index is 12.5. The zero-order chi connectivity index (χ0) is 14.7. The molecule has 114 valence electrons. The average Bonchev–Trinajstić information content (AvgIpc) is 3.08. The SMILES string of the molecule is COCC1(NC(=O)CC2CCc3ccccc32)CCCC1. The third kappa shape index (κ3) is 3.13. The average molecular weight is 287 g/mol. The Bertz CT molecular complexity index is 506. The maximum Gasteiger partial charge on any atom is 0.221 e. The first-order valence-corrected chi connectivity index (χ1v) is 8.10. The number of ether oxygens (including phenoxy) is 1. The lowest BCUT2D eigenvalue weighted by molar-refractivity contribution is -0.124. The third-order valence-electron chi connectivity index (χ3n) is 5.07. The number of hydrogen-bond donors (Lipinski definition) is 1. The molecular formula is C18H25NO2. The first-order chi connectivity index (χ1) is 10.2. The van der Waals surface area contributed by atoms with Gasteiger partial charge < -0.3 is 10.1 Å². The van der Waals surface area contributed by atoms with Crippen molar-refractivity contribution in [3.05, 3.63) is 35.4 Å². The van der Waals surface area contributed by atoms with Gasteiger partial charge in [0.05, 0.1) is 12.1 Å². The Kier molecular flexibility index (Phi) is 4.29. The van der Waals surface area contributed by atoms with Gasteiger partial charge in [0.15, 0.2) is 0 Å². The zero-order valence-electron chi connectivity index (χ0n) is 12.9. The van der Waals surface area contributed by atoms with Gasteiger partial charge in [0.1, 0.15) is 0 Å². The number of carbonyl (C=O) groups excluding carboxylic acids is 1. The molecule has 0 radical (unpaired) electrons. The number of hydrogen-bond acceptors (Lipinski definition) is 2. The number of nitrogens with one attached hydrogen (secondary N) is 1. The van der Waals surface area contributed by atoms with E-state index in [4.69, 9.17) is 4.74 Å². The quantitative estimate of drug-likeness (QED) is 0.903. The zero-order valence-corrected chi connectivity index (χ0v) is 12.9. The largest absolute Gasteiger partial charge is 0.382 e. The van der Waals surface area contributed by atoms with Gasteiger partial charge in [0, 0.05) is 13.5 Å². The molecule has 1 aromatic carbocycles. The van der Waals surface area contributed by atoms with Crippen LogP contribution in [0.5, 0.6) is 0 Å². The molecule has 21 heavy (non-hydrogen) atoms. The normalized spacial score (nSPS) is 23.0. The lowest BCUT2D eigenvalue weighted by Crippen LogP contribution is -2.49. The van der Waals surface area contributed by atoms with Gasteiger partial charge >= 0.3 is 0 Å². The molecule has 1 atom stereocenters. The standard InChI is InChI=1S/C18H25NO2/c1-21-13-18(10-4-5-11-18)19-17(20)12-15-9-8-14-6-2-3-7-16(14)15/h2-3,6-7,15H,4-5,8-13H2,1H3,(H,19,20). The van der Waals surface area contributed by atoms with Crippen LogP contribution in [0.1, 0.15) is 55.6 Å². The van der Waals surface area contributed by atoms with Crippen molar-refractivity contribution in [3.63, 3.8) is 0 Å². The summed E-state index contributed by atoms with van der Waals surface area (Å²) in [6.45, 7) is 0.639. The van der Waals surface area contributed by atoms with Crippen molar-refractivity contribution >= 4 is 5.91 Å². The van der Waals surface area contributed by atoms with E-state index in [0.29, 0.717) is 18.9 Å². The summed E-state index contributed by atoms with van der Waals surface area (Å²) in [5.41, 5.74) is 2.69. The van der Waals surface area contributed by atoms with Crippen LogP contribution in [-0.2, 0) is 16.0 Å². The van der Waals surface area contributed by atoms with Crippen molar-refractivity contribution in [3.8, 4) is 0 Å². The first-order valence-electron chi connectivity index (χ1n) is 8.10. The summed E-state index contributed by atoms with van der Waals surface area (Å²) in [5.74, 6) is 0.581. The van der Waals surface area contributed by atoms with E-state index in [2.05, 4.69) is 29.6 Å². The van der Waals surface area contributed by atoms with Crippen LogP contribution >= 0.6 is 0 Å². The monoisotopic (exact) mass is 287 g/mol. The second kappa shape index (κ2) is 6.18. The number of aryl methyl sites for hydroxylation is 1. The van der Waals surface area contributed by atoms with E-state index in [1.165, 1.54) is 24.0 Å². The van der Waals surface area contributed by atoms with Gasteiger partial charge in [0.25, 0.3) is 0 Å². The topological polar surface area (TPSA) is 38.3 Å². The van der Waals surface area contributed by atoms with Crippen LogP contribution in [0.3, 0.4) is 0 Å². The number of methoxy groups -OCH3 is 1. The molecule has 0 bridgehead atoms. The molecule has 3 rings (SSSR count). The van der Waals surface area contributed by atoms with Crippen LogP contribution in [0.15, 0.2) is 24.3 Å². The van der Waals surface area contributed by atoms with Crippen LogP contribution in [-0.4, -0.2) is 25.2 Å². The van der Waals surface area contributed by atoms with Crippen molar-refractivity contribution in [2.75, 3.05) is 13.7 Å².